The quantitative estimate of drug-likeness (QED) is 0.238. The molecule has 1 amide bonds. The molecule has 0 aliphatic heterocycles. The van der Waals surface area contributed by atoms with E-state index in [0.29, 0.717) is 11.3 Å². The molecule has 2 aromatic rings. The molecular formula is C17H16N4O5S2. The van der Waals surface area contributed by atoms with E-state index < -0.39 is 16.8 Å². The molecule has 9 nitrogen and oxygen atoms in total. The number of ether oxygens (including phenoxy) is 1. The largest absolute Gasteiger partial charge is 0.466 e. The summed E-state index contributed by atoms with van der Waals surface area (Å²) in [4.78, 5) is 39.8. The molecule has 11 heteroatoms. The second-order valence-corrected chi connectivity index (χ2v) is 6.62. The van der Waals surface area contributed by atoms with Crippen molar-refractivity contribution in [2.24, 2.45) is 5.73 Å². The van der Waals surface area contributed by atoms with Crippen molar-refractivity contribution in [1.29, 1.82) is 0 Å². The van der Waals surface area contributed by atoms with Crippen LogP contribution < -0.4 is 10.6 Å². The fourth-order valence-corrected chi connectivity index (χ4v) is 3.23. The first-order valence-corrected chi connectivity index (χ1v) is 9.21. The fraction of sp³-hybridized carbons (Fsp3) is 0.176. The number of benzene rings is 1. The number of rotatable bonds is 7. The van der Waals surface area contributed by atoms with E-state index in [2.05, 4.69) is 11.6 Å². The molecule has 2 N–H and O–H groups in total. The summed E-state index contributed by atoms with van der Waals surface area (Å²) >= 11 is 6.05. The Hall–Kier alpha value is -3.18. The summed E-state index contributed by atoms with van der Waals surface area (Å²) in [6, 6.07) is 5.34. The molecule has 2 rings (SSSR count). The zero-order valence-corrected chi connectivity index (χ0v) is 16.4. The van der Waals surface area contributed by atoms with E-state index in [4.69, 9.17) is 22.7 Å². The van der Waals surface area contributed by atoms with Crippen LogP contribution in [-0.4, -0.2) is 33.5 Å². The van der Waals surface area contributed by atoms with Crippen molar-refractivity contribution in [3.63, 3.8) is 0 Å². The lowest BCUT2D eigenvalue weighted by molar-refractivity contribution is -0.384. The number of hydrogen-bond donors (Lipinski definition) is 1. The smallest absolute Gasteiger partial charge is 0.311 e. The molecule has 0 aliphatic rings. The standard InChI is InChI=1S/C17H16N4O5S2/c1-3-26-14(22)8-12-9-28-17(19-12)20(16(18)27)15(23)10(2)11-4-6-13(7-5-11)21(24)25/h4-7,9H,2-3,8H2,1H3,(H2,18,27). The van der Waals surface area contributed by atoms with Crippen LogP contribution in [0.5, 0.6) is 0 Å². The molecule has 0 fully saturated rings. The van der Waals surface area contributed by atoms with E-state index in [1.165, 1.54) is 24.3 Å². The van der Waals surface area contributed by atoms with Crippen LogP contribution in [0, 0.1) is 10.1 Å². The van der Waals surface area contributed by atoms with Crippen molar-refractivity contribution in [3.05, 3.63) is 57.6 Å². The van der Waals surface area contributed by atoms with Gasteiger partial charge in [-0.05, 0) is 36.8 Å². The Morgan fingerprint density at radius 1 is 1.39 bits per heavy atom. The number of carbonyl (C=O) groups is 2. The number of thiocarbonyl (C=S) groups is 1. The van der Waals surface area contributed by atoms with Crippen LogP contribution in [0.15, 0.2) is 36.2 Å². The van der Waals surface area contributed by atoms with Gasteiger partial charge in [-0.3, -0.25) is 19.7 Å². The minimum Gasteiger partial charge on any atom is -0.466 e. The van der Waals surface area contributed by atoms with Crippen molar-refractivity contribution >= 4 is 56.9 Å². The number of thiazole rings is 1. The molecule has 1 aromatic heterocycles. The number of hydrogen-bond acceptors (Lipinski definition) is 8. The Morgan fingerprint density at radius 2 is 2.04 bits per heavy atom. The Balaban J connectivity index is 2.23. The molecule has 1 heterocycles. The zero-order chi connectivity index (χ0) is 20.8. The number of nitro benzene ring substituents is 1. The van der Waals surface area contributed by atoms with Crippen LogP contribution >= 0.6 is 23.6 Å². The molecule has 1 aromatic carbocycles. The molecule has 0 bridgehead atoms. The second kappa shape index (κ2) is 9.15. The molecule has 0 saturated heterocycles. The first-order valence-electron chi connectivity index (χ1n) is 7.92. The molecule has 146 valence electrons. The van der Waals surface area contributed by atoms with Gasteiger partial charge >= 0.3 is 5.97 Å². The summed E-state index contributed by atoms with van der Waals surface area (Å²) in [6.07, 6.45) is -0.0486. The predicted molar refractivity (Wildman–Crippen MR) is 109 cm³/mol. The summed E-state index contributed by atoms with van der Waals surface area (Å²) in [6.45, 7) is 5.68. The van der Waals surface area contributed by atoms with Crippen LogP contribution in [0.3, 0.4) is 0 Å². The molecule has 28 heavy (non-hydrogen) atoms. The van der Waals surface area contributed by atoms with E-state index in [9.17, 15) is 19.7 Å². The van der Waals surface area contributed by atoms with Gasteiger partial charge < -0.3 is 10.5 Å². The van der Waals surface area contributed by atoms with Crippen LogP contribution in [0.25, 0.3) is 5.57 Å². The van der Waals surface area contributed by atoms with Gasteiger partial charge in [-0.25, -0.2) is 9.88 Å². The highest BCUT2D eigenvalue weighted by Gasteiger charge is 2.25. The summed E-state index contributed by atoms with van der Waals surface area (Å²) in [5.41, 5.74) is 6.39. The van der Waals surface area contributed by atoms with Gasteiger partial charge in [0.1, 0.15) is 0 Å². The fourth-order valence-electron chi connectivity index (χ4n) is 2.16. The number of nitro groups is 1. The molecule has 0 unspecified atom stereocenters. The van der Waals surface area contributed by atoms with E-state index in [1.54, 1.807) is 12.3 Å². The first kappa shape index (κ1) is 21.1. The van der Waals surface area contributed by atoms with Gasteiger partial charge in [0, 0.05) is 23.1 Å². The number of carbonyl (C=O) groups excluding carboxylic acids is 2. The lowest BCUT2D eigenvalue weighted by Crippen LogP contribution is -2.41. The predicted octanol–water partition coefficient (Wildman–Crippen LogP) is 2.45. The van der Waals surface area contributed by atoms with Crippen molar-refractivity contribution in [1.82, 2.24) is 4.98 Å². The van der Waals surface area contributed by atoms with Gasteiger partial charge in [-0.2, -0.15) is 0 Å². The van der Waals surface area contributed by atoms with Crippen LogP contribution in [-0.2, 0) is 20.7 Å². The molecule has 0 atom stereocenters. The van der Waals surface area contributed by atoms with Crippen molar-refractivity contribution < 1.29 is 19.2 Å². The number of aromatic nitrogens is 1. The Morgan fingerprint density at radius 3 is 2.57 bits per heavy atom. The maximum Gasteiger partial charge on any atom is 0.311 e. The van der Waals surface area contributed by atoms with Gasteiger partial charge in [0.05, 0.1) is 23.6 Å². The number of non-ortho nitro benzene ring substituents is 1. The number of anilines is 1. The number of nitrogens with zero attached hydrogens (tertiary/aromatic N) is 3. The maximum absolute atomic E-state index is 12.8. The highest BCUT2D eigenvalue weighted by molar-refractivity contribution is 7.80. The minimum absolute atomic E-state index is 0.0323. The van der Waals surface area contributed by atoms with Gasteiger partial charge in [0.25, 0.3) is 11.6 Å². The summed E-state index contributed by atoms with van der Waals surface area (Å²) in [5.74, 6) is -1.07. The van der Waals surface area contributed by atoms with Gasteiger partial charge in [-0.1, -0.05) is 6.58 Å². The molecule has 0 aliphatic carbocycles. The number of nitrogens with two attached hydrogens (primary N) is 1. The van der Waals surface area contributed by atoms with Crippen molar-refractivity contribution in [2.45, 2.75) is 13.3 Å². The average Bonchev–Trinajstić information content (AvgIpc) is 3.08. The van der Waals surface area contributed by atoms with Gasteiger partial charge in [0.15, 0.2) is 10.2 Å². The third-order valence-electron chi connectivity index (χ3n) is 3.47. The normalized spacial score (nSPS) is 10.2. The molecular weight excluding hydrogens is 404 g/mol. The lowest BCUT2D eigenvalue weighted by Gasteiger charge is -2.19. The average molecular weight is 420 g/mol. The Kier molecular flexibility index (Phi) is 6.90. The Labute approximate surface area is 169 Å². The minimum atomic E-state index is -0.626. The van der Waals surface area contributed by atoms with Crippen molar-refractivity contribution in [3.8, 4) is 0 Å². The van der Waals surface area contributed by atoms with Gasteiger partial charge in [0.2, 0.25) is 0 Å². The van der Waals surface area contributed by atoms with Crippen LogP contribution in [0.1, 0.15) is 18.2 Å². The van der Waals surface area contributed by atoms with Crippen LogP contribution in [0.4, 0.5) is 10.8 Å². The SMILES string of the molecule is C=C(C(=O)N(C(N)=S)c1nc(CC(=O)OCC)cs1)c1ccc([N+](=O)[O-])cc1. The molecule has 0 spiro atoms. The topological polar surface area (TPSA) is 129 Å². The highest BCUT2D eigenvalue weighted by Crippen LogP contribution is 2.26. The zero-order valence-electron chi connectivity index (χ0n) is 14.8. The third-order valence-corrected chi connectivity index (χ3v) is 4.53. The summed E-state index contributed by atoms with van der Waals surface area (Å²) in [5, 5.41) is 12.3. The first-order chi connectivity index (χ1) is 13.2. The summed E-state index contributed by atoms with van der Waals surface area (Å²) < 4.78 is 4.87. The van der Waals surface area contributed by atoms with Crippen molar-refractivity contribution in [2.75, 3.05) is 11.5 Å². The van der Waals surface area contributed by atoms with E-state index in [0.717, 1.165) is 16.2 Å². The van der Waals surface area contributed by atoms with E-state index in [1.807, 2.05) is 0 Å². The maximum atomic E-state index is 12.8. The number of esters is 1. The number of amides is 1. The highest BCUT2D eigenvalue weighted by atomic mass is 32.1. The monoisotopic (exact) mass is 420 g/mol. The van der Waals surface area contributed by atoms with Crippen LogP contribution in [0.2, 0.25) is 0 Å². The van der Waals surface area contributed by atoms with E-state index in [-0.39, 0.29) is 34.5 Å². The van der Waals surface area contributed by atoms with E-state index >= 15 is 0 Å². The Bertz CT molecular complexity index is 939. The van der Waals surface area contributed by atoms with Gasteiger partial charge in [-0.15, -0.1) is 11.3 Å². The molecule has 0 saturated carbocycles. The molecule has 0 radical (unpaired) electrons. The lowest BCUT2D eigenvalue weighted by atomic mass is 10.1. The third kappa shape index (κ3) is 4.96. The second-order valence-electron chi connectivity index (χ2n) is 5.36. The summed E-state index contributed by atoms with van der Waals surface area (Å²) in [7, 11) is 0.